The first-order valence-electron chi connectivity index (χ1n) is 7.67. The van der Waals surface area contributed by atoms with E-state index < -0.39 is 6.09 Å². The maximum atomic E-state index is 10.9. The Morgan fingerprint density at radius 3 is 2.86 bits per heavy atom. The Hall–Kier alpha value is -2.30. The number of hydrogen-bond acceptors (Lipinski definition) is 3. The van der Waals surface area contributed by atoms with Gasteiger partial charge in [-0.25, -0.2) is 4.79 Å². The number of pyridine rings is 1. The molecule has 1 saturated heterocycles. The van der Waals surface area contributed by atoms with Gasteiger partial charge in [0, 0.05) is 30.9 Å². The molecule has 1 N–H and O–H groups in total. The first kappa shape index (κ1) is 14.6. The van der Waals surface area contributed by atoms with E-state index >= 15 is 0 Å². The topological polar surface area (TPSA) is 62.7 Å². The quantitative estimate of drug-likeness (QED) is 0.940. The van der Waals surface area contributed by atoms with E-state index in [1.165, 1.54) is 4.90 Å². The molecular weight excluding hydrogens is 280 g/mol. The van der Waals surface area contributed by atoms with Crippen LogP contribution < -0.4 is 4.74 Å². The van der Waals surface area contributed by atoms with Gasteiger partial charge in [-0.1, -0.05) is 6.07 Å². The molecule has 5 nitrogen and oxygen atoms in total. The standard InChI is InChI=1S/C17H20N2O3/c20-17(21)19-8-4-13(5-9-19)6-10-22-16-2-1-14-3-7-18-12-15(14)11-16/h1-3,7,11-13H,4-6,8-10H2,(H,20,21). The van der Waals surface area contributed by atoms with Crippen LogP contribution in [0.15, 0.2) is 36.7 Å². The Kier molecular flexibility index (Phi) is 4.42. The monoisotopic (exact) mass is 300 g/mol. The normalized spacial score (nSPS) is 15.9. The van der Waals surface area contributed by atoms with Crippen molar-refractivity contribution in [3.63, 3.8) is 0 Å². The molecule has 2 aromatic rings. The number of fused-ring (bicyclic) bond motifs is 1. The van der Waals surface area contributed by atoms with Crippen LogP contribution in [-0.2, 0) is 0 Å². The minimum Gasteiger partial charge on any atom is -0.494 e. The number of piperidine rings is 1. The van der Waals surface area contributed by atoms with Crippen LogP contribution in [0.25, 0.3) is 10.8 Å². The summed E-state index contributed by atoms with van der Waals surface area (Å²) in [5, 5.41) is 11.2. The third kappa shape index (κ3) is 3.47. The predicted molar refractivity (Wildman–Crippen MR) is 84.2 cm³/mol. The highest BCUT2D eigenvalue weighted by atomic mass is 16.5. The van der Waals surface area contributed by atoms with Crippen molar-refractivity contribution >= 4 is 16.9 Å². The highest BCUT2D eigenvalue weighted by Gasteiger charge is 2.21. The minimum absolute atomic E-state index is 0.553. The smallest absolute Gasteiger partial charge is 0.407 e. The third-order valence-electron chi connectivity index (χ3n) is 4.29. The molecule has 2 heterocycles. The number of carboxylic acid groups (broad SMARTS) is 1. The first-order chi connectivity index (χ1) is 10.7. The van der Waals surface area contributed by atoms with Crippen LogP contribution in [0, 0.1) is 5.92 Å². The molecule has 3 rings (SSSR count). The fourth-order valence-electron chi connectivity index (χ4n) is 2.91. The molecule has 0 saturated carbocycles. The lowest BCUT2D eigenvalue weighted by Gasteiger charge is -2.29. The van der Waals surface area contributed by atoms with Crippen LogP contribution in [0.4, 0.5) is 4.79 Å². The molecule has 1 aromatic heterocycles. The lowest BCUT2D eigenvalue weighted by Crippen LogP contribution is -2.37. The van der Waals surface area contributed by atoms with Crippen LogP contribution in [0.3, 0.4) is 0 Å². The summed E-state index contributed by atoms with van der Waals surface area (Å²) in [5.41, 5.74) is 0. The minimum atomic E-state index is -0.806. The zero-order valence-electron chi connectivity index (χ0n) is 12.4. The second-order valence-corrected chi connectivity index (χ2v) is 5.73. The lowest BCUT2D eigenvalue weighted by atomic mass is 9.94. The average Bonchev–Trinajstić information content (AvgIpc) is 2.55. The molecule has 0 spiro atoms. The van der Waals surface area contributed by atoms with Gasteiger partial charge < -0.3 is 14.7 Å². The Balaban J connectivity index is 1.47. The van der Waals surface area contributed by atoms with Crippen molar-refractivity contribution in [3.8, 4) is 5.75 Å². The Morgan fingerprint density at radius 2 is 2.09 bits per heavy atom. The number of aromatic nitrogens is 1. The van der Waals surface area contributed by atoms with Gasteiger partial charge in [0.1, 0.15) is 5.75 Å². The summed E-state index contributed by atoms with van der Waals surface area (Å²) >= 11 is 0. The molecule has 1 aliphatic rings. The average molecular weight is 300 g/mol. The van der Waals surface area contributed by atoms with E-state index in [0.29, 0.717) is 25.6 Å². The number of ether oxygens (including phenoxy) is 1. The summed E-state index contributed by atoms with van der Waals surface area (Å²) < 4.78 is 5.83. The second-order valence-electron chi connectivity index (χ2n) is 5.73. The molecular formula is C17H20N2O3. The Bertz CT molecular complexity index is 651. The maximum absolute atomic E-state index is 10.9. The molecule has 5 heteroatoms. The Morgan fingerprint density at radius 1 is 1.27 bits per heavy atom. The third-order valence-corrected chi connectivity index (χ3v) is 4.29. The maximum Gasteiger partial charge on any atom is 0.407 e. The van der Waals surface area contributed by atoms with Crippen molar-refractivity contribution in [2.45, 2.75) is 19.3 Å². The van der Waals surface area contributed by atoms with Crippen molar-refractivity contribution in [1.29, 1.82) is 0 Å². The summed E-state index contributed by atoms with van der Waals surface area (Å²) in [5.74, 6) is 1.42. The van der Waals surface area contributed by atoms with E-state index in [4.69, 9.17) is 9.84 Å². The van der Waals surface area contributed by atoms with E-state index in [2.05, 4.69) is 4.98 Å². The molecule has 0 unspecified atom stereocenters. The molecule has 22 heavy (non-hydrogen) atoms. The van der Waals surface area contributed by atoms with E-state index in [1.807, 2.05) is 30.5 Å². The highest BCUT2D eigenvalue weighted by Crippen LogP contribution is 2.23. The van der Waals surface area contributed by atoms with Crippen LogP contribution in [0.5, 0.6) is 5.75 Å². The number of amides is 1. The number of hydrogen-bond donors (Lipinski definition) is 1. The molecule has 1 aliphatic heterocycles. The zero-order valence-corrected chi connectivity index (χ0v) is 12.4. The van der Waals surface area contributed by atoms with Gasteiger partial charge in [0.15, 0.2) is 0 Å². The number of nitrogens with zero attached hydrogens (tertiary/aromatic N) is 2. The van der Waals surface area contributed by atoms with E-state index in [9.17, 15) is 4.79 Å². The number of benzene rings is 1. The summed E-state index contributed by atoms with van der Waals surface area (Å²) in [6.45, 7) is 1.95. The van der Waals surface area contributed by atoms with Gasteiger partial charge in [0.25, 0.3) is 0 Å². The fraction of sp³-hybridized carbons (Fsp3) is 0.412. The van der Waals surface area contributed by atoms with Crippen LogP contribution >= 0.6 is 0 Å². The second kappa shape index (κ2) is 6.64. The molecule has 1 amide bonds. The van der Waals surface area contributed by atoms with E-state index in [-0.39, 0.29) is 0 Å². The summed E-state index contributed by atoms with van der Waals surface area (Å²) in [6.07, 6.45) is 5.64. The number of carbonyl (C=O) groups is 1. The molecule has 1 aromatic carbocycles. The summed E-state index contributed by atoms with van der Waals surface area (Å²) in [7, 11) is 0. The lowest BCUT2D eigenvalue weighted by molar-refractivity contribution is 0.119. The van der Waals surface area contributed by atoms with Crippen molar-refractivity contribution in [2.75, 3.05) is 19.7 Å². The molecule has 0 atom stereocenters. The van der Waals surface area contributed by atoms with Gasteiger partial charge in [0.05, 0.1) is 6.61 Å². The summed E-state index contributed by atoms with van der Waals surface area (Å²) in [4.78, 5) is 16.5. The fourth-order valence-corrected chi connectivity index (χ4v) is 2.91. The predicted octanol–water partition coefficient (Wildman–Crippen LogP) is 3.39. The molecule has 116 valence electrons. The Labute approximate surface area is 129 Å². The molecule has 0 bridgehead atoms. The molecule has 0 radical (unpaired) electrons. The van der Waals surface area contributed by atoms with Gasteiger partial charge >= 0.3 is 6.09 Å². The van der Waals surface area contributed by atoms with Crippen LogP contribution in [0.1, 0.15) is 19.3 Å². The van der Waals surface area contributed by atoms with E-state index in [1.54, 1.807) is 6.20 Å². The SMILES string of the molecule is O=C(O)N1CCC(CCOc2ccc3ccncc3c2)CC1. The van der Waals surface area contributed by atoms with Gasteiger partial charge in [0.2, 0.25) is 0 Å². The number of rotatable bonds is 4. The zero-order chi connectivity index (χ0) is 15.4. The van der Waals surface area contributed by atoms with Gasteiger partial charge in [-0.2, -0.15) is 0 Å². The van der Waals surface area contributed by atoms with Crippen molar-refractivity contribution in [1.82, 2.24) is 9.88 Å². The van der Waals surface area contributed by atoms with E-state index in [0.717, 1.165) is 35.8 Å². The van der Waals surface area contributed by atoms with Gasteiger partial charge in [-0.15, -0.1) is 0 Å². The van der Waals surface area contributed by atoms with Crippen LogP contribution in [-0.4, -0.2) is 40.8 Å². The molecule has 1 fully saturated rings. The van der Waals surface area contributed by atoms with Crippen LogP contribution in [0.2, 0.25) is 0 Å². The first-order valence-corrected chi connectivity index (χ1v) is 7.67. The van der Waals surface area contributed by atoms with Gasteiger partial charge in [-0.05, 0) is 48.8 Å². The van der Waals surface area contributed by atoms with Crippen molar-refractivity contribution in [2.24, 2.45) is 5.92 Å². The van der Waals surface area contributed by atoms with Crippen molar-refractivity contribution in [3.05, 3.63) is 36.7 Å². The summed E-state index contributed by atoms with van der Waals surface area (Å²) in [6, 6.07) is 8.01. The van der Waals surface area contributed by atoms with Gasteiger partial charge in [-0.3, -0.25) is 4.98 Å². The number of likely N-dealkylation sites (tertiary alicyclic amines) is 1. The highest BCUT2D eigenvalue weighted by molar-refractivity contribution is 5.82. The molecule has 0 aliphatic carbocycles. The largest absolute Gasteiger partial charge is 0.494 e. The van der Waals surface area contributed by atoms with Crippen molar-refractivity contribution < 1.29 is 14.6 Å².